The Kier molecular flexibility index (Phi) is 3.45. The van der Waals surface area contributed by atoms with Gasteiger partial charge in [0.05, 0.1) is 4.47 Å². The van der Waals surface area contributed by atoms with Gasteiger partial charge in [-0.2, -0.15) is 0 Å². The van der Waals surface area contributed by atoms with Gasteiger partial charge in [0.25, 0.3) is 0 Å². The summed E-state index contributed by atoms with van der Waals surface area (Å²) in [6, 6.07) is 11.4. The van der Waals surface area contributed by atoms with E-state index in [0.717, 1.165) is 10.0 Å². The summed E-state index contributed by atoms with van der Waals surface area (Å²) < 4.78 is 15.2. The third kappa shape index (κ3) is 2.20. The minimum atomic E-state index is -0.238. The maximum atomic E-state index is 14.0. The number of hydrogen-bond acceptors (Lipinski definition) is 0. The molecule has 2 rings (SSSR count). The summed E-state index contributed by atoms with van der Waals surface area (Å²) in [4.78, 5) is 0. The van der Waals surface area contributed by atoms with Crippen LogP contribution in [0.1, 0.15) is 5.56 Å². The van der Waals surface area contributed by atoms with Gasteiger partial charge >= 0.3 is 0 Å². The van der Waals surface area contributed by atoms with Crippen LogP contribution in [-0.2, 0) is 0 Å². The first-order valence-electron chi connectivity index (χ1n) is 4.80. The van der Waals surface area contributed by atoms with Gasteiger partial charge in [0.15, 0.2) is 0 Å². The molecule has 16 heavy (non-hydrogen) atoms. The fraction of sp³-hybridized carbons (Fsp3) is 0.0769. The van der Waals surface area contributed by atoms with Crippen molar-refractivity contribution in [3.05, 3.63) is 56.7 Å². The molecule has 2 aromatic rings. The first-order valence-corrected chi connectivity index (χ1v) is 6.38. The first-order chi connectivity index (χ1) is 7.59. The standard InChI is InChI=1S/C13H9Br2F/c1-8-2-4-9(5-3-8)10-6-7-11(14)12(15)13(10)16/h2-7H,1H3. The SMILES string of the molecule is Cc1ccc(-c2ccc(Br)c(Br)c2F)cc1. The second-order valence-corrected chi connectivity index (χ2v) is 5.24. The number of aryl methyl sites for hydroxylation is 1. The molecule has 0 aliphatic carbocycles. The molecule has 0 amide bonds. The highest BCUT2D eigenvalue weighted by atomic mass is 79.9. The fourth-order valence-corrected chi connectivity index (χ4v) is 2.13. The van der Waals surface area contributed by atoms with Gasteiger partial charge in [-0.25, -0.2) is 4.39 Å². The molecule has 2 aromatic carbocycles. The van der Waals surface area contributed by atoms with E-state index in [4.69, 9.17) is 0 Å². The van der Waals surface area contributed by atoms with E-state index in [0.29, 0.717) is 10.0 Å². The lowest BCUT2D eigenvalue weighted by atomic mass is 10.0. The third-order valence-electron chi connectivity index (χ3n) is 2.40. The van der Waals surface area contributed by atoms with Gasteiger partial charge in [-0.1, -0.05) is 35.9 Å². The third-order valence-corrected chi connectivity index (χ3v) is 4.37. The summed E-state index contributed by atoms with van der Waals surface area (Å²) in [5, 5.41) is 0. The van der Waals surface area contributed by atoms with Crippen molar-refractivity contribution in [2.24, 2.45) is 0 Å². The lowest BCUT2D eigenvalue weighted by Gasteiger charge is -2.06. The summed E-state index contributed by atoms with van der Waals surface area (Å²) in [5.41, 5.74) is 2.66. The zero-order chi connectivity index (χ0) is 11.7. The zero-order valence-corrected chi connectivity index (χ0v) is 11.8. The molecule has 0 unspecified atom stereocenters. The Bertz CT molecular complexity index is 518. The van der Waals surface area contributed by atoms with Gasteiger partial charge in [0.2, 0.25) is 0 Å². The quantitative estimate of drug-likeness (QED) is 0.614. The van der Waals surface area contributed by atoms with E-state index in [1.807, 2.05) is 37.3 Å². The molecule has 0 bridgehead atoms. The molecule has 0 aliphatic heterocycles. The Morgan fingerprint density at radius 2 is 1.56 bits per heavy atom. The minimum absolute atomic E-state index is 0.238. The van der Waals surface area contributed by atoms with Crippen molar-refractivity contribution in [3.63, 3.8) is 0 Å². The van der Waals surface area contributed by atoms with Gasteiger partial charge in [0.1, 0.15) is 5.82 Å². The first kappa shape index (κ1) is 11.8. The lowest BCUT2D eigenvalue weighted by molar-refractivity contribution is 0.623. The van der Waals surface area contributed by atoms with Crippen molar-refractivity contribution in [2.75, 3.05) is 0 Å². The zero-order valence-electron chi connectivity index (χ0n) is 8.60. The van der Waals surface area contributed by atoms with E-state index >= 15 is 0 Å². The molecule has 0 N–H and O–H groups in total. The molecular formula is C13H9Br2F. The summed E-state index contributed by atoms with van der Waals surface area (Å²) in [5.74, 6) is -0.238. The lowest BCUT2D eigenvalue weighted by Crippen LogP contribution is -1.87. The van der Waals surface area contributed by atoms with E-state index in [9.17, 15) is 4.39 Å². The van der Waals surface area contributed by atoms with Crippen LogP contribution in [0.4, 0.5) is 4.39 Å². The highest BCUT2D eigenvalue weighted by molar-refractivity contribution is 9.13. The topological polar surface area (TPSA) is 0 Å². The van der Waals surface area contributed by atoms with Crippen LogP contribution in [0, 0.1) is 12.7 Å². The normalized spacial score (nSPS) is 10.5. The molecule has 0 spiro atoms. The molecule has 0 fully saturated rings. The van der Waals surface area contributed by atoms with Crippen LogP contribution >= 0.6 is 31.9 Å². The molecular weight excluding hydrogens is 335 g/mol. The molecule has 0 saturated carbocycles. The number of benzene rings is 2. The van der Waals surface area contributed by atoms with E-state index in [-0.39, 0.29) is 5.82 Å². The fourth-order valence-electron chi connectivity index (χ4n) is 1.48. The number of halogens is 3. The Balaban J connectivity index is 2.57. The average Bonchev–Trinajstić information content (AvgIpc) is 2.28. The molecule has 0 radical (unpaired) electrons. The second-order valence-electron chi connectivity index (χ2n) is 3.59. The Morgan fingerprint density at radius 1 is 0.938 bits per heavy atom. The Hall–Kier alpha value is -0.670. The molecule has 0 aromatic heterocycles. The van der Waals surface area contributed by atoms with Gasteiger partial charge in [0, 0.05) is 10.0 Å². The van der Waals surface area contributed by atoms with Crippen molar-refractivity contribution in [3.8, 4) is 11.1 Å². The summed E-state index contributed by atoms with van der Waals surface area (Å²) >= 11 is 6.50. The smallest absolute Gasteiger partial charge is 0.146 e. The number of rotatable bonds is 1. The van der Waals surface area contributed by atoms with Crippen molar-refractivity contribution in [1.29, 1.82) is 0 Å². The van der Waals surface area contributed by atoms with Crippen LogP contribution in [-0.4, -0.2) is 0 Å². The van der Waals surface area contributed by atoms with Crippen molar-refractivity contribution >= 4 is 31.9 Å². The van der Waals surface area contributed by atoms with Crippen molar-refractivity contribution in [1.82, 2.24) is 0 Å². The molecule has 0 saturated heterocycles. The molecule has 0 atom stereocenters. The summed E-state index contributed by atoms with van der Waals surface area (Å²) in [6.07, 6.45) is 0. The van der Waals surface area contributed by atoms with Crippen molar-refractivity contribution < 1.29 is 4.39 Å². The summed E-state index contributed by atoms with van der Waals surface area (Å²) in [6.45, 7) is 2.01. The maximum absolute atomic E-state index is 14.0. The predicted molar refractivity (Wildman–Crippen MR) is 72.0 cm³/mol. The van der Waals surface area contributed by atoms with E-state index in [1.54, 1.807) is 6.07 Å². The molecule has 3 heteroatoms. The van der Waals surface area contributed by atoms with Crippen molar-refractivity contribution in [2.45, 2.75) is 6.92 Å². The molecule has 0 heterocycles. The molecule has 82 valence electrons. The summed E-state index contributed by atoms with van der Waals surface area (Å²) in [7, 11) is 0. The highest BCUT2D eigenvalue weighted by Gasteiger charge is 2.10. The highest BCUT2D eigenvalue weighted by Crippen LogP contribution is 2.33. The molecule has 0 nitrogen and oxygen atoms in total. The van der Waals surface area contributed by atoms with Crippen LogP contribution in [0.5, 0.6) is 0 Å². The predicted octanol–water partition coefficient (Wildman–Crippen LogP) is 5.33. The van der Waals surface area contributed by atoms with Crippen LogP contribution in [0.3, 0.4) is 0 Å². The Morgan fingerprint density at radius 3 is 2.19 bits per heavy atom. The van der Waals surface area contributed by atoms with Gasteiger partial charge in [-0.3, -0.25) is 0 Å². The van der Waals surface area contributed by atoms with Crippen LogP contribution in [0.2, 0.25) is 0 Å². The largest absolute Gasteiger partial charge is 0.205 e. The monoisotopic (exact) mass is 342 g/mol. The van der Waals surface area contributed by atoms with Gasteiger partial charge < -0.3 is 0 Å². The van der Waals surface area contributed by atoms with Gasteiger partial charge in [-0.15, -0.1) is 0 Å². The van der Waals surface area contributed by atoms with E-state index in [2.05, 4.69) is 31.9 Å². The minimum Gasteiger partial charge on any atom is -0.205 e. The van der Waals surface area contributed by atoms with E-state index < -0.39 is 0 Å². The second kappa shape index (κ2) is 4.68. The Labute approximate surface area is 111 Å². The average molecular weight is 344 g/mol. The van der Waals surface area contributed by atoms with Crippen LogP contribution < -0.4 is 0 Å². The maximum Gasteiger partial charge on any atom is 0.146 e. The molecule has 0 aliphatic rings. The van der Waals surface area contributed by atoms with Gasteiger partial charge in [-0.05, 0) is 50.4 Å². The van der Waals surface area contributed by atoms with E-state index in [1.165, 1.54) is 5.56 Å². The van der Waals surface area contributed by atoms with Crippen LogP contribution in [0.25, 0.3) is 11.1 Å². The van der Waals surface area contributed by atoms with Crippen LogP contribution in [0.15, 0.2) is 45.3 Å². The number of hydrogen-bond donors (Lipinski definition) is 0.